The third-order valence-electron chi connectivity index (χ3n) is 3.69. The van der Waals surface area contributed by atoms with E-state index in [2.05, 4.69) is 24.5 Å². The highest BCUT2D eigenvalue weighted by Crippen LogP contribution is 2.31. The summed E-state index contributed by atoms with van der Waals surface area (Å²) in [5.74, 6) is -0.299. The predicted octanol–water partition coefficient (Wildman–Crippen LogP) is 2.51. The molecule has 110 valence electrons. The summed E-state index contributed by atoms with van der Waals surface area (Å²) in [5.41, 5.74) is -0.550. The lowest BCUT2D eigenvalue weighted by Crippen LogP contribution is -2.54. The maximum Gasteiger partial charge on any atom is 0.315 e. The van der Waals surface area contributed by atoms with Crippen LogP contribution >= 0.6 is 0 Å². The highest BCUT2D eigenvalue weighted by Gasteiger charge is 2.35. The third kappa shape index (κ3) is 5.94. The number of carbonyl (C=O) groups excluding carboxylic acids is 1. The summed E-state index contributed by atoms with van der Waals surface area (Å²) < 4.78 is 0. The van der Waals surface area contributed by atoms with E-state index in [9.17, 15) is 9.59 Å². The Labute approximate surface area is 115 Å². The molecule has 0 aromatic heterocycles. The van der Waals surface area contributed by atoms with E-state index < -0.39 is 11.5 Å². The van der Waals surface area contributed by atoms with Crippen LogP contribution in [-0.4, -0.2) is 29.2 Å². The number of carboxylic acid groups (broad SMARTS) is 1. The fraction of sp³-hybridized carbons (Fsp3) is 0.857. The first-order valence-electron chi connectivity index (χ1n) is 7.21. The van der Waals surface area contributed by atoms with E-state index in [1.165, 1.54) is 0 Å². The second kappa shape index (κ2) is 7.36. The first-order valence-corrected chi connectivity index (χ1v) is 7.21. The molecule has 0 aromatic rings. The first kappa shape index (κ1) is 15.8. The van der Waals surface area contributed by atoms with Gasteiger partial charge in [-0.05, 0) is 25.2 Å². The molecule has 0 radical (unpaired) electrons. The van der Waals surface area contributed by atoms with E-state index in [0.29, 0.717) is 12.5 Å². The summed E-state index contributed by atoms with van der Waals surface area (Å²) in [7, 11) is 0. The third-order valence-corrected chi connectivity index (χ3v) is 3.69. The van der Waals surface area contributed by atoms with Crippen molar-refractivity contribution in [3.05, 3.63) is 0 Å². The quantitative estimate of drug-likeness (QED) is 0.694. The van der Waals surface area contributed by atoms with Gasteiger partial charge in [0.2, 0.25) is 0 Å². The molecule has 1 aliphatic rings. The predicted molar refractivity (Wildman–Crippen MR) is 74.1 cm³/mol. The zero-order chi connectivity index (χ0) is 14.3. The van der Waals surface area contributed by atoms with E-state index in [1.54, 1.807) is 0 Å². The van der Waals surface area contributed by atoms with Gasteiger partial charge < -0.3 is 15.7 Å². The number of hydrogen-bond acceptors (Lipinski definition) is 2. The molecule has 5 heteroatoms. The molecule has 1 fully saturated rings. The summed E-state index contributed by atoms with van der Waals surface area (Å²) in [5, 5.41) is 14.7. The van der Waals surface area contributed by atoms with Crippen molar-refractivity contribution in [2.75, 3.05) is 6.54 Å². The van der Waals surface area contributed by atoms with Crippen molar-refractivity contribution in [3.63, 3.8) is 0 Å². The number of carbonyl (C=O) groups is 2. The van der Waals surface area contributed by atoms with Crippen LogP contribution in [0, 0.1) is 5.92 Å². The van der Waals surface area contributed by atoms with Crippen molar-refractivity contribution in [1.29, 1.82) is 0 Å². The molecule has 1 rings (SSSR count). The number of aliphatic carboxylic acids is 1. The van der Waals surface area contributed by atoms with E-state index in [1.807, 2.05) is 0 Å². The first-order chi connectivity index (χ1) is 8.93. The van der Waals surface area contributed by atoms with Gasteiger partial charge in [0.15, 0.2) is 0 Å². The van der Waals surface area contributed by atoms with Gasteiger partial charge in [-0.3, -0.25) is 4.79 Å². The Bertz CT molecular complexity index is 310. The molecule has 5 nitrogen and oxygen atoms in total. The average molecular weight is 270 g/mol. The fourth-order valence-corrected chi connectivity index (χ4v) is 2.62. The van der Waals surface area contributed by atoms with Crippen molar-refractivity contribution < 1.29 is 14.7 Å². The molecule has 0 saturated heterocycles. The Kier molecular flexibility index (Phi) is 6.12. The molecule has 1 aliphatic carbocycles. The molecule has 19 heavy (non-hydrogen) atoms. The number of nitrogens with one attached hydrogen (secondary N) is 2. The molecular weight excluding hydrogens is 244 g/mol. The van der Waals surface area contributed by atoms with Gasteiger partial charge in [-0.15, -0.1) is 0 Å². The minimum Gasteiger partial charge on any atom is -0.481 e. The lowest BCUT2D eigenvalue weighted by molar-refractivity contribution is -0.139. The van der Waals surface area contributed by atoms with Crippen molar-refractivity contribution in [3.8, 4) is 0 Å². The lowest BCUT2D eigenvalue weighted by Gasteiger charge is -2.36. The average Bonchev–Trinajstić information content (AvgIpc) is 2.27. The summed E-state index contributed by atoms with van der Waals surface area (Å²) >= 11 is 0. The number of rotatable bonds is 6. The Hall–Kier alpha value is -1.26. The van der Waals surface area contributed by atoms with Crippen LogP contribution in [0.1, 0.15) is 58.8 Å². The zero-order valence-corrected chi connectivity index (χ0v) is 12.0. The molecule has 0 heterocycles. The molecule has 0 aromatic carbocycles. The Morgan fingerprint density at radius 1 is 1.21 bits per heavy atom. The van der Waals surface area contributed by atoms with Gasteiger partial charge in [0, 0.05) is 6.54 Å². The van der Waals surface area contributed by atoms with Crippen LogP contribution in [0.4, 0.5) is 4.79 Å². The molecule has 0 aliphatic heterocycles. The van der Waals surface area contributed by atoms with Gasteiger partial charge in [0.25, 0.3) is 0 Å². The van der Waals surface area contributed by atoms with Crippen LogP contribution in [0.25, 0.3) is 0 Å². The maximum absolute atomic E-state index is 11.9. The van der Waals surface area contributed by atoms with Gasteiger partial charge in [-0.2, -0.15) is 0 Å². The highest BCUT2D eigenvalue weighted by molar-refractivity contribution is 5.76. The van der Waals surface area contributed by atoms with Gasteiger partial charge in [0.05, 0.1) is 12.0 Å². The maximum atomic E-state index is 11.9. The summed E-state index contributed by atoms with van der Waals surface area (Å²) in [6.07, 6.45) is 5.56. The van der Waals surface area contributed by atoms with Crippen LogP contribution in [0.5, 0.6) is 0 Å². The molecule has 1 saturated carbocycles. The lowest BCUT2D eigenvalue weighted by atomic mass is 9.79. The molecule has 0 spiro atoms. The Balaban J connectivity index is 2.47. The van der Waals surface area contributed by atoms with Crippen LogP contribution in [0.15, 0.2) is 0 Å². The molecule has 2 amide bonds. The SMILES string of the molecule is CC(C)CCNC(=O)NC1(CC(=O)O)CCCCC1. The van der Waals surface area contributed by atoms with Gasteiger partial charge in [0.1, 0.15) is 0 Å². The van der Waals surface area contributed by atoms with Crippen molar-refractivity contribution in [2.24, 2.45) is 5.92 Å². The zero-order valence-electron chi connectivity index (χ0n) is 12.0. The van der Waals surface area contributed by atoms with E-state index in [-0.39, 0.29) is 12.5 Å². The number of urea groups is 1. The van der Waals surface area contributed by atoms with Crippen LogP contribution in [0.3, 0.4) is 0 Å². The number of carboxylic acids is 1. The largest absolute Gasteiger partial charge is 0.481 e. The molecular formula is C14H26N2O3. The van der Waals surface area contributed by atoms with Crippen LogP contribution < -0.4 is 10.6 Å². The van der Waals surface area contributed by atoms with Crippen LogP contribution in [0.2, 0.25) is 0 Å². The van der Waals surface area contributed by atoms with Crippen molar-refractivity contribution in [1.82, 2.24) is 10.6 Å². The second-order valence-electron chi connectivity index (χ2n) is 5.97. The second-order valence-corrected chi connectivity index (χ2v) is 5.97. The van der Waals surface area contributed by atoms with E-state index in [0.717, 1.165) is 38.5 Å². The standard InChI is InChI=1S/C14H26N2O3/c1-11(2)6-9-15-13(19)16-14(10-12(17)18)7-4-3-5-8-14/h11H,3-10H2,1-2H3,(H,17,18)(H2,15,16,19). The minimum atomic E-state index is -0.843. The summed E-state index contributed by atoms with van der Waals surface area (Å²) in [4.78, 5) is 22.9. The summed E-state index contributed by atoms with van der Waals surface area (Å²) in [6.45, 7) is 4.84. The molecule has 0 atom stereocenters. The topological polar surface area (TPSA) is 78.4 Å². The van der Waals surface area contributed by atoms with Gasteiger partial charge in [-0.1, -0.05) is 33.1 Å². The minimum absolute atomic E-state index is 0.0185. The Morgan fingerprint density at radius 3 is 2.37 bits per heavy atom. The molecule has 0 unspecified atom stereocenters. The van der Waals surface area contributed by atoms with Gasteiger partial charge in [-0.25, -0.2) is 4.79 Å². The Morgan fingerprint density at radius 2 is 1.84 bits per heavy atom. The number of hydrogen-bond donors (Lipinski definition) is 3. The monoisotopic (exact) mass is 270 g/mol. The summed E-state index contributed by atoms with van der Waals surface area (Å²) in [6, 6.07) is -0.233. The van der Waals surface area contributed by atoms with Gasteiger partial charge >= 0.3 is 12.0 Å². The van der Waals surface area contributed by atoms with Crippen molar-refractivity contribution in [2.45, 2.75) is 64.3 Å². The molecule has 0 bridgehead atoms. The van der Waals surface area contributed by atoms with Crippen molar-refractivity contribution >= 4 is 12.0 Å². The fourth-order valence-electron chi connectivity index (χ4n) is 2.62. The molecule has 3 N–H and O–H groups in total. The van der Waals surface area contributed by atoms with E-state index in [4.69, 9.17) is 5.11 Å². The smallest absolute Gasteiger partial charge is 0.315 e. The van der Waals surface area contributed by atoms with E-state index >= 15 is 0 Å². The number of amides is 2. The highest BCUT2D eigenvalue weighted by atomic mass is 16.4. The normalized spacial score (nSPS) is 18.1. The van der Waals surface area contributed by atoms with Crippen LogP contribution in [-0.2, 0) is 4.79 Å².